The van der Waals surface area contributed by atoms with Gasteiger partial charge in [0.25, 0.3) is 0 Å². The Balaban J connectivity index is 1.65. The maximum atomic E-state index is 11.6. The van der Waals surface area contributed by atoms with Gasteiger partial charge in [0.15, 0.2) is 9.84 Å². The van der Waals surface area contributed by atoms with Gasteiger partial charge in [-0.1, -0.05) is 48.0 Å². The molecule has 130 valence electrons. The molecule has 0 bridgehead atoms. The minimum Gasteiger partial charge on any atom is -0.338 e. The molecule has 4 nitrogen and oxygen atoms in total. The van der Waals surface area contributed by atoms with Crippen molar-refractivity contribution < 1.29 is 8.42 Å². The van der Waals surface area contributed by atoms with Crippen LogP contribution in [0.1, 0.15) is 0 Å². The number of benzene rings is 3. The van der Waals surface area contributed by atoms with E-state index in [0.29, 0.717) is 9.92 Å². The Morgan fingerprint density at radius 1 is 0.846 bits per heavy atom. The van der Waals surface area contributed by atoms with E-state index in [1.165, 1.54) is 6.26 Å². The summed E-state index contributed by atoms with van der Waals surface area (Å²) < 4.78 is 23.1. The van der Waals surface area contributed by atoms with Gasteiger partial charge < -0.3 is 4.98 Å². The third-order valence-corrected chi connectivity index (χ3v) is 5.58. The highest BCUT2D eigenvalue weighted by atomic mass is 35.5. The normalized spacial score (nSPS) is 11.8. The van der Waals surface area contributed by atoms with Gasteiger partial charge >= 0.3 is 0 Å². The van der Waals surface area contributed by atoms with E-state index in [1.807, 2.05) is 54.6 Å². The molecule has 4 aromatic rings. The Morgan fingerprint density at radius 2 is 1.42 bits per heavy atom. The van der Waals surface area contributed by atoms with E-state index in [2.05, 4.69) is 9.97 Å². The smallest absolute Gasteiger partial charge is 0.175 e. The monoisotopic (exact) mass is 382 g/mol. The summed E-state index contributed by atoms with van der Waals surface area (Å²) in [5.74, 6) is 0.779. The number of H-pyrrole nitrogens is 1. The summed E-state index contributed by atoms with van der Waals surface area (Å²) in [4.78, 5) is 8.18. The lowest BCUT2D eigenvalue weighted by Gasteiger charge is -2.04. The number of fused-ring (bicyclic) bond motifs is 1. The number of hydrogen-bond donors (Lipinski definition) is 1. The highest BCUT2D eigenvalue weighted by Crippen LogP contribution is 2.26. The molecule has 4 rings (SSSR count). The second kappa shape index (κ2) is 6.27. The molecule has 26 heavy (non-hydrogen) atoms. The number of nitrogens with one attached hydrogen (secondary N) is 1. The molecule has 0 saturated heterocycles. The summed E-state index contributed by atoms with van der Waals surface area (Å²) >= 11 is 6.02. The van der Waals surface area contributed by atoms with Crippen molar-refractivity contribution in [3.63, 3.8) is 0 Å². The van der Waals surface area contributed by atoms with Crippen molar-refractivity contribution in [3.8, 4) is 22.5 Å². The van der Waals surface area contributed by atoms with Crippen LogP contribution in [0.2, 0.25) is 5.02 Å². The van der Waals surface area contributed by atoms with Crippen LogP contribution in [0.5, 0.6) is 0 Å². The van der Waals surface area contributed by atoms with Crippen molar-refractivity contribution in [1.29, 1.82) is 0 Å². The van der Waals surface area contributed by atoms with Crippen LogP contribution in [0, 0.1) is 0 Å². The molecule has 1 N–H and O–H groups in total. The Morgan fingerprint density at radius 3 is 2.04 bits per heavy atom. The number of nitrogens with zero attached hydrogens (tertiary/aromatic N) is 1. The number of sulfone groups is 1. The number of halogens is 1. The van der Waals surface area contributed by atoms with E-state index in [1.54, 1.807) is 12.1 Å². The van der Waals surface area contributed by atoms with Crippen LogP contribution in [-0.4, -0.2) is 24.6 Å². The molecule has 0 aliphatic carbocycles. The zero-order chi connectivity index (χ0) is 18.3. The first kappa shape index (κ1) is 16.8. The molecule has 6 heteroatoms. The molecule has 0 saturated carbocycles. The molecule has 0 spiro atoms. The minimum absolute atomic E-state index is 0.318. The molecule has 1 aromatic heterocycles. The lowest BCUT2D eigenvalue weighted by Crippen LogP contribution is -1.96. The van der Waals surface area contributed by atoms with Gasteiger partial charge in [0, 0.05) is 16.8 Å². The lowest BCUT2D eigenvalue weighted by atomic mass is 10.0. The van der Waals surface area contributed by atoms with Crippen LogP contribution < -0.4 is 0 Å². The average molecular weight is 383 g/mol. The van der Waals surface area contributed by atoms with E-state index in [0.717, 1.165) is 33.5 Å². The predicted octanol–water partition coefficient (Wildman–Crippen LogP) is 4.95. The largest absolute Gasteiger partial charge is 0.338 e. The first-order valence-electron chi connectivity index (χ1n) is 7.96. The molecule has 0 fully saturated rings. The van der Waals surface area contributed by atoms with E-state index in [-0.39, 0.29) is 0 Å². The van der Waals surface area contributed by atoms with E-state index in [4.69, 9.17) is 11.6 Å². The van der Waals surface area contributed by atoms with Crippen LogP contribution in [0.4, 0.5) is 0 Å². The highest BCUT2D eigenvalue weighted by Gasteiger charge is 2.08. The van der Waals surface area contributed by atoms with Gasteiger partial charge in [0.05, 0.1) is 15.9 Å². The Labute approximate surface area is 156 Å². The third-order valence-electron chi connectivity index (χ3n) is 4.22. The van der Waals surface area contributed by atoms with Crippen molar-refractivity contribution >= 4 is 32.5 Å². The van der Waals surface area contributed by atoms with E-state index in [9.17, 15) is 8.42 Å². The topological polar surface area (TPSA) is 62.8 Å². The predicted molar refractivity (Wildman–Crippen MR) is 105 cm³/mol. The van der Waals surface area contributed by atoms with Gasteiger partial charge in [0.2, 0.25) is 0 Å². The Bertz CT molecular complexity index is 1200. The lowest BCUT2D eigenvalue weighted by molar-refractivity contribution is 0.602. The number of hydrogen-bond acceptors (Lipinski definition) is 3. The van der Waals surface area contributed by atoms with Gasteiger partial charge in [-0.05, 0) is 41.5 Å². The van der Waals surface area contributed by atoms with Gasteiger partial charge in [0.1, 0.15) is 5.82 Å². The Kier molecular flexibility index (Phi) is 4.05. The van der Waals surface area contributed by atoms with E-state index >= 15 is 0 Å². The molecule has 0 radical (unpaired) electrons. The van der Waals surface area contributed by atoms with Crippen LogP contribution in [0.25, 0.3) is 33.5 Å². The highest BCUT2D eigenvalue weighted by molar-refractivity contribution is 7.90. The van der Waals surface area contributed by atoms with Crippen LogP contribution in [0.15, 0.2) is 71.6 Å². The molecule has 0 atom stereocenters. The van der Waals surface area contributed by atoms with Crippen molar-refractivity contribution in [2.75, 3.05) is 6.26 Å². The van der Waals surface area contributed by atoms with E-state index < -0.39 is 9.84 Å². The molecule has 0 unspecified atom stereocenters. The van der Waals surface area contributed by atoms with Crippen molar-refractivity contribution in [1.82, 2.24) is 9.97 Å². The second-order valence-electron chi connectivity index (χ2n) is 6.12. The SMILES string of the molecule is CS(=O)(=O)c1ccc(-c2ccc(-c3nc4ccc(Cl)cc4[nH]3)cc2)cc1. The summed E-state index contributed by atoms with van der Waals surface area (Å²) in [6.07, 6.45) is 1.21. The van der Waals surface area contributed by atoms with Crippen molar-refractivity contribution in [2.24, 2.45) is 0 Å². The molecule has 0 amide bonds. The quantitative estimate of drug-likeness (QED) is 0.545. The minimum atomic E-state index is -3.18. The second-order valence-corrected chi connectivity index (χ2v) is 8.57. The van der Waals surface area contributed by atoms with Crippen LogP contribution in [0.3, 0.4) is 0 Å². The summed E-state index contributed by atoms with van der Waals surface area (Å²) in [7, 11) is -3.18. The first-order chi connectivity index (χ1) is 12.4. The first-order valence-corrected chi connectivity index (χ1v) is 10.2. The molecular formula is C20H15ClN2O2S. The standard InChI is InChI=1S/C20H15ClN2O2S/c1-26(24,25)17-9-6-14(7-10-17)13-2-4-15(5-3-13)20-22-18-11-8-16(21)12-19(18)23-20/h2-12H,1H3,(H,22,23). The fraction of sp³-hybridized carbons (Fsp3) is 0.0500. The molecule has 0 aliphatic rings. The van der Waals surface area contributed by atoms with Crippen molar-refractivity contribution in [2.45, 2.75) is 4.90 Å². The zero-order valence-electron chi connectivity index (χ0n) is 13.9. The summed E-state index contributed by atoms with van der Waals surface area (Å²) in [6.45, 7) is 0. The summed E-state index contributed by atoms with van der Waals surface area (Å²) in [5.41, 5.74) is 4.69. The van der Waals surface area contributed by atoms with Crippen LogP contribution >= 0.6 is 11.6 Å². The molecular weight excluding hydrogens is 368 g/mol. The number of aromatic amines is 1. The third kappa shape index (κ3) is 3.23. The summed E-state index contributed by atoms with van der Waals surface area (Å²) in [6, 6.07) is 20.4. The fourth-order valence-corrected chi connectivity index (χ4v) is 3.64. The maximum absolute atomic E-state index is 11.6. The van der Waals surface area contributed by atoms with Gasteiger partial charge in [-0.3, -0.25) is 0 Å². The van der Waals surface area contributed by atoms with Crippen molar-refractivity contribution in [3.05, 3.63) is 71.8 Å². The molecule has 1 heterocycles. The zero-order valence-corrected chi connectivity index (χ0v) is 15.5. The number of imidazole rings is 1. The number of rotatable bonds is 3. The maximum Gasteiger partial charge on any atom is 0.175 e. The van der Waals surface area contributed by atoms with Gasteiger partial charge in [-0.15, -0.1) is 0 Å². The molecule has 3 aromatic carbocycles. The molecule has 0 aliphatic heterocycles. The summed E-state index contributed by atoms with van der Waals surface area (Å²) in [5, 5.41) is 0.667. The Hall–Kier alpha value is -2.63. The van der Waals surface area contributed by atoms with Gasteiger partial charge in [-0.2, -0.15) is 0 Å². The van der Waals surface area contributed by atoms with Crippen LogP contribution in [-0.2, 0) is 9.84 Å². The number of aromatic nitrogens is 2. The average Bonchev–Trinajstić information content (AvgIpc) is 3.04. The fourth-order valence-electron chi connectivity index (χ4n) is 2.83. The van der Waals surface area contributed by atoms with Gasteiger partial charge in [-0.25, -0.2) is 13.4 Å².